The van der Waals surface area contributed by atoms with Gasteiger partial charge >= 0.3 is 0 Å². The Labute approximate surface area is 148 Å². The fraction of sp³-hybridized carbons (Fsp3) is 0.562. The number of benzene rings is 1. The van der Waals surface area contributed by atoms with Gasteiger partial charge in [0.25, 0.3) is 5.91 Å². The first-order valence-corrected chi connectivity index (χ1v) is 7.96. The molecule has 0 saturated carbocycles. The topological polar surface area (TPSA) is 59.6 Å². The minimum atomic E-state index is -0.137. The molecular weight excluding hydrogens is 339 g/mol. The van der Waals surface area contributed by atoms with Crippen LogP contribution in [-0.2, 0) is 0 Å². The molecule has 7 heteroatoms. The van der Waals surface area contributed by atoms with Crippen molar-refractivity contribution in [3.8, 4) is 11.5 Å². The molecule has 5 nitrogen and oxygen atoms in total. The Hall–Kier alpha value is -1.17. The van der Waals surface area contributed by atoms with E-state index >= 15 is 0 Å². The molecule has 2 N–H and O–H groups in total. The molecule has 1 heterocycles. The van der Waals surface area contributed by atoms with E-state index in [1.165, 1.54) is 7.11 Å². The summed E-state index contributed by atoms with van der Waals surface area (Å²) in [5.74, 6) is 1.20. The molecule has 1 saturated heterocycles. The summed E-state index contributed by atoms with van der Waals surface area (Å²) >= 11 is 6.21. The number of halogens is 2. The van der Waals surface area contributed by atoms with Crippen molar-refractivity contribution in [2.75, 3.05) is 26.8 Å². The van der Waals surface area contributed by atoms with Crippen LogP contribution in [0.25, 0.3) is 0 Å². The predicted octanol–water partition coefficient (Wildman–Crippen LogP) is 2.90. The normalized spacial score (nSPS) is 20.3. The monoisotopic (exact) mass is 362 g/mol. The van der Waals surface area contributed by atoms with Crippen LogP contribution in [0.4, 0.5) is 0 Å². The third kappa shape index (κ3) is 4.90. The molecule has 23 heavy (non-hydrogen) atoms. The van der Waals surface area contributed by atoms with E-state index in [0.717, 1.165) is 19.5 Å². The van der Waals surface area contributed by atoms with E-state index in [9.17, 15) is 4.79 Å². The molecule has 0 spiro atoms. The maximum Gasteiger partial charge on any atom is 0.251 e. The fourth-order valence-electron chi connectivity index (χ4n) is 2.62. The molecule has 1 aromatic rings. The summed E-state index contributed by atoms with van der Waals surface area (Å²) in [6.07, 6.45) is 0.925. The highest BCUT2D eigenvalue weighted by Gasteiger charge is 2.24. The van der Waals surface area contributed by atoms with Gasteiger partial charge in [0.05, 0.1) is 18.7 Å². The number of amides is 1. The second kappa shape index (κ2) is 9.21. The van der Waals surface area contributed by atoms with E-state index < -0.39 is 0 Å². The Kier molecular flexibility index (Phi) is 7.95. The molecule has 0 aliphatic carbocycles. The number of hydrogen-bond donors (Lipinski definition) is 2. The molecule has 2 rings (SSSR count). The van der Waals surface area contributed by atoms with Gasteiger partial charge in [0.1, 0.15) is 0 Å². The molecule has 1 fully saturated rings. The van der Waals surface area contributed by atoms with Gasteiger partial charge < -0.3 is 20.1 Å². The van der Waals surface area contributed by atoms with Crippen molar-refractivity contribution in [3.05, 3.63) is 22.7 Å². The number of ether oxygens (including phenoxy) is 2. The number of nitrogens with one attached hydrogen (secondary N) is 2. The van der Waals surface area contributed by atoms with Gasteiger partial charge in [0.15, 0.2) is 11.5 Å². The average molecular weight is 363 g/mol. The molecule has 1 amide bonds. The number of rotatable bonds is 5. The average Bonchev–Trinajstić information content (AvgIpc) is 2.51. The maximum absolute atomic E-state index is 12.5. The molecule has 1 aliphatic rings. The summed E-state index contributed by atoms with van der Waals surface area (Å²) in [5.41, 5.74) is 0.482. The van der Waals surface area contributed by atoms with Crippen LogP contribution in [0, 0.1) is 5.92 Å². The largest absolute Gasteiger partial charge is 0.493 e. The lowest BCUT2D eigenvalue weighted by molar-refractivity contribution is 0.0914. The van der Waals surface area contributed by atoms with Crippen LogP contribution < -0.4 is 20.1 Å². The minimum Gasteiger partial charge on any atom is -0.493 e. The highest BCUT2D eigenvalue weighted by molar-refractivity contribution is 6.32. The van der Waals surface area contributed by atoms with Gasteiger partial charge in [-0.05, 0) is 44.5 Å². The number of piperidine rings is 1. The van der Waals surface area contributed by atoms with Crippen LogP contribution in [0.2, 0.25) is 5.02 Å². The lowest BCUT2D eigenvalue weighted by atomic mass is 9.95. The summed E-state index contributed by atoms with van der Waals surface area (Å²) < 4.78 is 10.7. The van der Waals surface area contributed by atoms with Crippen molar-refractivity contribution in [3.63, 3.8) is 0 Å². The van der Waals surface area contributed by atoms with Crippen LogP contribution >= 0.6 is 24.0 Å². The van der Waals surface area contributed by atoms with E-state index in [1.54, 1.807) is 12.1 Å². The molecule has 0 bridgehead atoms. The zero-order valence-electron chi connectivity index (χ0n) is 13.6. The number of carbonyl (C=O) groups is 1. The van der Waals surface area contributed by atoms with Gasteiger partial charge in [-0.2, -0.15) is 0 Å². The highest BCUT2D eigenvalue weighted by Crippen LogP contribution is 2.36. The molecule has 1 aliphatic heterocycles. The Bertz CT molecular complexity index is 540. The zero-order chi connectivity index (χ0) is 16.1. The predicted molar refractivity (Wildman–Crippen MR) is 94.3 cm³/mol. The minimum absolute atomic E-state index is 0. The zero-order valence-corrected chi connectivity index (χ0v) is 15.2. The first-order valence-electron chi connectivity index (χ1n) is 7.58. The Morgan fingerprint density at radius 1 is 1.48 bits per heavy atom. The molecule has 130 valence electrons. The highest BCUT2D eigenvalue weighted by atomic mass is 35.5. The van der Waals surface area contributed by atoms with Crippen LogP contribution in [0.3, 0.4) is 0 Å². The Morgan fingerprint density at radius 3 is 2.83 bits per heavy atom. The third-order valence-electron chi connectivity index (χ3n) is 3.88. The smallest absolute Gasteiger partial charge is 0.251 e. The van der Waals surface area contributed by atoms with Crippen LogP contribution in [0.5, 0.6) is 11.5 Å². The molecular formula is C16H24Cl2N2O3. The quantitative estimate of drug-likeness (QED) is 0.845. The van der Waals surface area contributed by atoms with Crippen molar-refractivity contribution in [1.82, 2.24) is 10.6 Å². The number of carbonyl (C=O) groups excluding carboxylic acids is 1. The first kappa shape index (κ1) is 19.9. The second-order valence-electron chi connectivity index (χ2n) is 5.47. The lowest BCUT2D eigenvalue weighted by Gasteiger charge is -2.30. The summed E-state index contributed by atoms with van der Waals surface area (Å²) in [6.45, 7) is 6.31. The number of methoxy groups -OCH3 is 1. The second-order valence-corrected chi connectivity index (χ2v) is 5.88. The molecule has 0 radical (unpaired) electrons. The standard InChI is InChI=1S/C16H23ClN2O3.ClH/c1-4-22-15-12(17)7-11(8-14(15)21-3)16(20)19-13-5-6-18-9-10(13)2;/h7-8,10,13,18H,4-6,9H2,1-3H3,(H,19,20);1H. The SMILES string of the molecule is CCOc1c(Cl)cc(C(=O)NC2CCNCC2C)cc1OC.Cl. The van der Waals surface area contributed by atoms with E-state index in [-0.39, 0.29) is 24.4 Å². The summed E-state index contributed by atoms with van der Waals surface area (Å²) in [4.78, 5) is 12.5. The van der Waals surface area contributed by atoms with E-state index in [1.807, 2.05) is 6.92 Å². The van der Waals surface area contributed by atoms with E-state index in [2.05, 4.69) is 17.6 Å². The van der Waals surface area contributed by atoms with Crippen LogP contribution in [-0.4, -0.2) is 38.8 Å². The van der Waals surface area contributed by atoms with Crippen LogP contribution in [0.15, 0.2) is 12.1 Å². The number of hydrogen-bond acceptors (Lipinski definition) is 4. The van der Waals surface area contributed by atoms with Crippen molar-refractivity contribution in [1.29, 1.82) is 0 Å². The molecule has 2 unspecified atom stereocenters. The maximum atomic E-state index is 12.5. The van der Waals surface area contributed by atoms with Crippen molar-refractivity contribution in [2.24, 2.45) is 5.92 Å². The lowest BCUT2D eigenvalue weighted by Crippen LogP contribution is -2.48. The Balaban J connectivity index is 0.00000264. The summed E-state index contributed by atoms with van der Waals surface area (Å²) in [6, 6.07) is 3.46. The van der Waals surface area contributed by atoms with Gasteiger partial charge in [0, 0.05) is 11.6 Å². The van der Waals surface area contributed by atoms with Crippen molar-refractivity contribution < 1.29 is 14.3 Å². The van der Waals surface area contributed by atoms with Gasteiger partial charge in [-0.3, -0.25) is 4.79 Å². The first-order chi connectivity index (χ1) is 10.6. The van der Waals surface area contributed by atoms with Gasteiger partial charge in [-0.1, -0.05) is 18.5 Å². The Morgan fingerprint density at radius 2 is 2.22 bits per heavy atom. The third-order valence-corrected chi connectivity index (χ3v) is 4.16. The van der Waals surface area contributed by atoms with E-state index in [0.29, 0.717) is 34.6 Å². The fourth-order valence-corrected chi connectivity index (χ4v) is 2.88. The molecule has 0 aromatic heterocycles. The van der Waals surface area contributed by atoms with Crippen molar-refractivity contribution in [2.45, 2.75) is 26.3 Å². The summed E-state index contributed by atoms with van der Waals surface area (Å²) in [5, 5.41) is 6.78. The van der Waals surface area contributed by atoms with E-state index in [4.69, 9.17) is 21.1 Å². The van der Waals surface area contributed by atoms with Crippen LogP contribution in [0.1, 0.15) is 30.6 Å². The van der Waals surface area contributed by atoms with Gasteiger partial charge in [-0.25, -0.2) is 0 Å². The van der Waals surface area contributed by atoms with Gasteiger partial charge in [-0.15, -0.1) is 12.4 Å². The molecule has 2 atom stereocenters. The molecule has 1 aromatic carbocycles. The summed E-state index contributed by atoms with van der Waals surface area (Å²) in [7, 11) is 1.53. The van der Waals surface area contributed by atoms with Crippen molar-refractivity contribution >= 4 is 29.9 Å². The van der Waals surface area contributed by atoms with Gasteiger partial charge in [0.2, 0.25) is 0 Å².